The van der Waals surface area contributed by atoms with Crippen molar-refractivity contribution in [2.45, 2.75) is 44.2 Å². The Morgan fingerprint density at radius 3 is 2.27 bits per heavy atom. The van der Waals surface area contributed by atoms with Crippen LogP contribution >= 0.6 is 15.9 Å². The number of rotatable bonds is 2. The Hall–Kier alpha value is 0.0600. The molecule has 2 saturated heterocycles. The summed E-state index contributed by atoms with van der Waals surface area (Å²) in [6, 6.07) is -0.153. The number of carbonyl (C=O) groups is 1. The van der Waals surface area contributed by atoms with Crippen molar-refractivity contribution >= 4 is 31.7 Å². The van der Waals surface area contributed by atoms with Gasteiger partial charge in [0.2, 0.25) is 10.0 Å². The zero-order chi connectivity index (χ0) is 11.1. The SMILES string of the molecule is O=C1C[C@H]2CCC[C@@H](C1)N2S(=O)(=O)CBr. The fourth-order valence-electron chi connectivity index (χ4n) is 2.65. The lowest BCUT2D eigenvalue weighted by atomic mass is 9.86. The first kappa shape index (κ1) is 11.5. The highest BCUT2D eigenvalue weighted by Gasteiger charge is 2.43. The third-order valence-electron chi connectivity index (χ3n) is 3.18. The molecule has 0 aliphatic carbocycles. The molecule has 0 aromatic rings. The van der Waals surface area contributed by atoms with E-state index in [1.54, 1.807) is 4.31 Å². The Morgan fingerprint density at radius 1 is 1.27 bits per heavy atom. The average Bonchev–Trinajstić information content (AvgIpc) is 2.16. The van der Waals surface area contributed by atoms with E-state index in [-0.39, 0.29) is 22.5 Å². The van der Waals surface area contributed by atoms with Crippen molar-refractivity contribution in [1.29, 1.82) is 0 Å². The van der Waals surface area contributed by atoms with Crippen molar-refractivity contribution in [2.75, 3.05) is 4.66 Å². The maximum atomic E-state index is 11.8. The number of piperidine rings is 2. The van der Waals surface area contributed by atoms with E-state index in [4.69, 9.17) is 0 Å². The lowest BCUT2D eigenvalue weighted by Crippen LogP contribution is -2.55. The second kappa shape index (κ2) is 4.14. The summed E-state index contributed by atoms with van der Waals surface area (Å²) >= 11 is 3.02. The molecule has 0 aromatic heterocycles. The molecule has 15 heavy (non-hydrogen) atoms. The molecule has 86 valence electrons. The van der Waals surface area contributed by atoms with Gasteiger partial charge in [-0.1, -0.05) is 22.4 Å². The summed E-state index contributed by atoms with van der Waals surface area (Å²) in [7, 11) is -3.21. The predicted octanol–water partition coefficient (Wildman–Crippen LogP) is 1.25. The fraction of sp³-hybridized carbons (Fsp3) is 0.889. The van der Waals surface area contributed by atoms with E-state index >= 15 is 0 Å². The van der Waals surface area contributed by atoms with E-state index in [0.29, 0.717) is 12.8 Å². The topological polar surface area (TPSA) is 54.5 Å². The van der Waals surface area contributed by atoms with Crippen molar-refractivity contribution in [3.63, 3.8) is 0 Å². The summed E-state index contributed by atoms with van der Waals surface area (Å²) in [6.45, 7) is 0. The number of hydrogen-bond donors (Lipinski definition) is 0. The highest BCUT2D eigenvalue weighted by Crippen LogP contribution is 2.34. The number of Topliss-reactive ketones (excluding diaryl/α,β-unsaturated/α-hetero) is 1. The molecule has 2 rings (SSSR count). The molecule has 4 nitrogen and oxygen atoms in total. The molecule has 2 aliphatic heterocycles. The first-order chi connectivity index (χ1) is 7.04. The van der Waals surface area contributed by atoms with Gasteiger partial charge in [0.15, 0.2) is 0 Å². The highest BCUT2D eigenvalue weighted by molar-refractivity contribution is 9.10. The van der Waals surface area contributed by atoms with Crippen molar-refractivity contribution in [2.24, 2.45) is 0 Å². The lowest BCUT2D eigenvalue weighted by molar-refractivity contribution is -0.124. The van der Waals surface area contributed by atoms with Crippen molar-refractivity contribution in [1.82, 2.24) is 4.31 Å². The van der Waals surface area contributed by atoms with Crippen LogP contribution in [0.25, 0.3) is 0 Å². The Bertz CT molecular complexity index is 352. The molecule has 2 fully saturated rings. The molecule has 0 saturated carbocycles. The predicted molar refractivity (Wildman–Crippen MR) is 60.2 cm³/mol. The second-order valence-electron chi connectivity index (χ2n) is 4.24. The van der Waals surface area contributed by atoms with E-state index in [0.717, 1.165) is 19.3 Å². The van der Waals surface area contributed by atoms with Gasteiger partial charge in [-0.15, -0.1) is 0 Å². The molecule has 2 atom stereocenters. The molecule has 2 bridgehead atoms. The smallest absolute Gasteiger partial charge is 0.224 e. The van der Waals surface area contributed by atoms with Crippen molar-refractivity contribution < 1.29 is 13.2 Å². The molecular weight excluding hydrogens is 282 g/mol. The van der Waals surface area contributed by atoms with E-state index in [1.165, 1.54) is 0 Å². The number of carbonyl (C=O) groups excluding carboxylic acids is 1. The van der Waals surface area contributed by atoms with Gasteiger partial charge in [0, 0.05) is 24.9 Å². The van der Waals surface area contributed by atoms with Crippen LogP contribution in [-0.4, -0.2) is 35.3 Å². The third-order valence-corrected chi connectivity index (χ3v) is 6.43. The van der Waals surface area contributed by atoms with Crippen LogP contribution in [0.4, 0.5) is 0 Å². The summed E-state index contributed by atoms with van der Waals surface area (Å²) < 4.78 is 25.2. The van der Waals surface area contributed by atoms with Crippen LogP contribution in [0.2, 0.25) is 0 Å². The van der Waals surface area contributed by atoms with Gasteiger partial charge in [0.25, 0.3) is 0 Å². The monoisotopic (exact) mass is 295 g/mol. The number of alkyl halides is 1. The molecule has 2 heterocycles. The summed E-state index contributed by atoms with van der Waals surface area (Å²) in [6.07, 6.45) is 3.51. The molecular formula is C9H14BrNO3S. The lowest BCUT2D eigenvalue weighted by Gasteiger charge is -2.43. The van der Waals surface area contributed by atoms with Crippen LogP contribution in [-0.2, 0) is 14.8 Å². The van der Waals surface area contributed by atoms with Gasteiger partial charge in [0.1, 0.15) is 10.4 Å². The van der Waals surface area contributed by atoms with Gasteiger partial charge in [-0.2, -0.15) is 4.31 Å². The van der Waals surface area contributed by atoms with Gasteiger partial charge in [-0.05, 0) is 12.8 Å². The van der Waals surface area contributed by atoms with Crippen molar-refractivity contribution in [3.8, 4) is 0 Å². The molecule has 0 aromatic carbocycles. The Balaban J connectivity index is 2.29. The fourth-order valence-corrected chi connectivity index (χ4v) is 4.74. The molecule has 0 unspecified atom stereocenters. The minimum Gasteiger partial charge on any atom is -0.300 e. The van der Waals surface area contributed by atoms with Gasteiger partial charge in [-0.25, -0.2) is 8.42 Å². The largest absolute Gasteiger partial charge is 0.300 e. The number of halogens is 1. The van der Waals surface area contributed by atoms with Crippen LogP contribution in [0, 0.1) is 0 Å². The van der Waals surface area contributed by atoms with E-state index in [9.17, 15) is 13.2 Å². The van der Waals surface area contributed by atoms with Gasteiger partial charge < -0.3 is 0 Å². The summed E-state index contributed by atoms with van der Waals surface area (Å²) in [5.74, 6) is 0.214. The Kier molecular flexibility index (Phi) is 3.19. The van der Waals surface area contributed by atoms with Crippen LogP contribution in [0.3, 0.4) is 0 Å². The first-order valence-corrected chi connectivity index (χ1v) is 7.86. The van der Waals surface area contributed by atoms with Crippen LogP contribution in [0.5, 0.6) is 0 Å². The van der Waals surface area contributed by atoms with E-state index in [2.05, 4.69) is 15.9 Å². The minimum absolute atomic E-state index is 0.0405. The van der Waals surface area contributed by atoms with Gasteiger partial charge >= 0.3 is 0 Å². The van der Waals surface area contributed by atoms with Crippen LogP contribution < -0.4 is 0 Å². The minimum atomic E-state index is -3.21. The van der Waals surface area contributed by atoms with Crippen LogP contribution in [0.15, 0.2) is 0 Å². The quantitative estimate of drug-likeness (QED) is 0.721. The maximum absolute atomic E-state index is 11.8. The number of hydrogen-bond acceptors (Lipinski definition) is 3. The summed E-state index contributed by atoms with van der Waals surface area (Å²) in [4.78, 5) is 11.4. The van der Waals surface area contributed by atoms with Crippen molar-refractivity contribution in [3.05, 3.63) is 0 Å². The van der Waals surface area contributed by atoms with E-state index < -0.39 is 10.0 Å². The number of nitrogens with zero attached hydrogens (tertiary/aromatic N) is 1. The molecule has 0 N–H and O–H groups in total. The molecule has 0 radical (unpaired) electrons. The zero-order valence-electron chi connectivity index (χ0n) is 8.36. The Labute approximate surface area is 98.2 Å². The third kappa shape index (κ3) is 2.12. The van der Waals surface area contributed by atoms with Gasteiger partial charge in [-0.3, -0.25) is 4.79 Å². The van der Waals surface area contributed by atoms with Crippen LogP contribution in [0.1, 0.15) is 32.1 Å². The number of fused-ring (bicyclic) bond motifs is 2. The molecule has 0 spiro atoms. The maximum Gasteiger partial charge on any atom is 0.224 e. The standard InChI is InChI=1S/C9H14BrNO3S/c10-6-15(13,14)11-7-2-1-3-8(11)5-9(12)4-7/h7-8H,1-6H2/t7-,8+. The number of sulfonamides is 1. The Morgan fingerprint density at radius 2 is 1.80 bits per heavy atom. The van der Waals surface area contributed by atoms with Gasteiger partial charge in [0.05, 0.1) is 0 Å². The molecule has 6 heteroatoms. The second-order valence-corrected chi connectivity index (χ2v) is 7.41. The normalized spacial score (nSPS) is 33.0. The summed E-state index contributed by atoms with van der Waals surface area (Å²) in [5, 5.41) is 0. The molecule has 2 aliphatic rings. The highest BCUT2D eigenvalue weighted by atomic mass is 79.9. The zero-order valence-corrected chi connectivity index (χ0v) is 10.8. The number of ketones is 1. The molecule has 0 amide bonds. The van der Waals surface area contributed by atoms with E-state index in [1.807, 2.05) is 0 Å². The average molecular weight is 296 g/mol. The summed E-state index contributed by atoms with van der Waals surface area (Å²) in [5.41, 5.74) is 0. The first-order valence-electron chi connectivity index (χ1n) is 5.13.